The molecule has 0 saturated carbocycles. The number of aryl methyl sites for hydroxylation is 2. The van der Waals surface area contributed by atoms with Crippen molar-refractivity contribution >= 4 is 11.1 Å². The molecule has 2 aromatic carbocycles. The lowest BCUT2D eigenvalue weighted by Gasteiger charge is -2.03. The zero-order valence-electron chi connectivity index (χ0n) is 11.0. The molecule has 3 aromatic rings. The summed E-state index contributed by atoms with van der Waals surface area (Å²) in [5.41, 5.74) is 4.92. The van der Waals surface area contributed by atoms with Crippen LogP contribution in [0.1, 0.15) is 16.7 Å². The van der Waals surface area contributed by atoms with Gasteiger partial charge in [-0.05, 0) is 37.1 Å². The summed E-state index contributed by atoms with van der Waals surface area (Å²) < 4.78 is 6.93. The largest absolute Gasteiger partial charge is 0.420 e. The van der Waals surface area contributed by atoms with Gasteiger partial charge in [-0.25, -0.2) is 4.79 Å². The van der Waals surface area contributed by atoms with Crippen LogP contribution < -0.4 is 5.76 Å². The van der Waals surface area contributed by atoms with Crippen LogP contribution in [-0.4, -0.2) is 4.57 Å². The molecule has 0 N–H and O–H groups in total. The molecule has 1 heterocycles. The summed E-state index contributed by atoms with van der Waals surface area (Å²) in [4.78, 5) is 11.9. The van der Waals surface area contributed by atoms with E-state index < -0.39 is 0 Å². The molecule has 3 heteroatoms. The third-order valence-corrected chi connectivity index (χ3v) is 3.28. The highest BCUT2D eigenvalue weighted by Crippen LogP contribution is 2.16. The summed E-state index contributed by atoms with van der Waals surface area (Å²) in [5, 5.41) is 0. The molecular weight excluding hydrogens is 238 g/mol. The Morgan fingerprint density at radius 1 is 1.00 bits per heavy atom. The van der Waals surface area contributed by atoms with Gasteiger partial charge in [0.2, 0.25) is 0 Å². The highest BCUT2D eigenvalue weighted by molar-refractivity contribution is 5.73. The fourth-order valence-electron chi connectivity index (χ4n) is 2.20. The van der Waals surface area contributed by atoms with Crippen LogP contribution in [0.15, 0.2) is 51.7 Å². The standard InChI is InChI=1S/C16H15NO2/c1-11-3-6-13(7-4-11)10-17-14-9-12(2)5-8-15(14)19-16(17)18/h3-9H,10H2,1-2H3. The average molecular weight is 253 g/mol. The first-order valence-electron chi connectivity index (χ1n) is 6.29. The van der Waals surface area contributed by atoms with Crippen LogP contribution in [0.25, 0.3) is 11.1 Å². The fraction of sp³-hybridized carbons (Fsp3) is 0.188. The number of aromatic nitrogens is 1. The molecule has 3 rings (SSSR count). The van der Waals surface area contributed by atoms with E-state index in [2.05, 4.69) is 0 Å². The SMILES string of the molecule is Cc1ccc(Cn2c(=O)oc3ccc(C)cc32)cc1. The highest BCUT2D eigenvalue weighted by Gasteiger charge is 2.09. The molecule has 19 heavy (non-hydrogen) atoms. The van der Waals surface area contributed by atoms with E-state index in [1.807, 2.05) is 56.3 Å². The molecule has 96 valence electrons. The van der Waals surface area contributed by atoms with Crippen molar-refractivity contribution in [3.63, 3.8) is 0 Å². The van der Waals surface area contributed by atoms with Gasteiger partial charge in [0.25, 0.3) is 0 Å². The first-order chi connectivity index (χ1) is 9.13. The van der Waals surface area contributed by atoms with Crippen LogP contribution in [0.4, 0.5) is 0 Å². The minimum atomic E-state index is -0.304. The number of nitrogens with zero attached hydrogens (tertiary/aromatic N) is 1. The Labute approximate surface area is 111 Å². The van der Waals surface area contributed by atoms with E-state index in [0.717, 1.165) is 16.6 Å². The van der Waals surface area contributed by atoms with E-state index in [0.29, 0.717) is 12.1 Å². The number of hydrogen-bond acceptors (Lipinski definition) is 2. The Bertz CT molecular complexity index is 779. The van der Waals surface area contributed by atoms with Crippen LogP contribution >= 0.6 is 0 Å². The van der Waals surface area contributed by atoms with Crippen molar-refractivity contribution in [2.45, 2.75) is 20.4 Å². The topological polar surface area (TPSA) is 35.1 Å². The Kier molecular flexibility index (Phi) is 2.75. The van der Waals surface area contributed by atoms with Crippen molar-refractivity contribution in [1.29, 1.82) is 0 Å². The van der Waals surface area contributed by atoms with E-state index in [9.17, 15) is 4.79 Å². The van der Waals surface area contributed by atoms with Crippen molar-refractivity contribution in [2.24, 2.45) is 0 Å². The molecule has 0 radical (unpaired) electrons. The normalized spacial score (nSPS) is 11.1. The van der Waals surface area contributed by atoms with E-state index in [1.165, 1.54) is 5.56 Å². The third-order valence-electron chi connectivity index (χ3n) is 3.28. The maximum atomic E-state index is 11.9. The van der Waals surface area contributed by atoms with Crippen molar-refractivity contribution in [1.82, 2.24) is 4.57 Å². The lowest BCUT2D eigenvalue weighted by molar-refractivity contribution is 0.517. The van der Waals surface area contributed by atoms with E-state index in [-0.39, 0.29) is 5.76 Å². The maximum absolute atomic E-state index is 11.9. The van der Waals surface area contributed by atoms with Crippen molar-refractivity contribution in [3.05, 3.63) is 69.7 Å². The number of hydrogen-bond donors (Lipinski definition) is 0. The van der Waals surface area contributed by atoms with Gasteiger partial charge >= 0.3 is 5.76 Å². The van der Waals surface area contributed by atoms with E-state index >= 15 is 0 Å². The first kappa shape index (κ1) is 11.8. The summed E-state index contributed by atoms with van der Waals surface area (Å²) in [5.74, 6) is -0.304. The average Bonchev–Trinajstić information content (AvgIpc) is 2.69. The first-order valence-corrected chi connectivity index (χ1v) is 6.29. The predicted molar refractivity (Wildman–Crippen MR) is 75.5 cm³/mol. The summed E-state index contributed by atoms with van der Waals surface area (Å²) >= 11 is 0. The molecule has 0 fully saturated rings. The van der Waals surface area contributed by atoms with Gasteiger partial charge in [0.1, 0.15) is 0 Å². The zero-order chi connectivity index (χ0) is 13.4. The summed E-state index contributed by atoms with van der Waals surface area (Å²) in [7, 11) is 0. The summed E-state index contributed by atoms with van der Waals surface area (Å²) in [6.07, 6.45) is 0. The molecule has 0 aliphatic rings. The Hall–Kier alpha value is -2.29. The van der Waals surface area contributed by atoms with Gasteiger partial charge < -0.3 is 4.42 Å². The van der Waals surface area contributed by atoms with Gasteiger partial charge in [-0.1, -0.05) is 35.9 Å². The minimum Gasteiger partial charge on any atom is -0.408 e. The Balaban J connectivity index is 2.09. The second-order valence-corrected chi connectivity index (χ2v) is 4.91. The van der Waals surface area contributed by atoms with Gasteiger partial charge in [-0.15, -0.1) is 0 Å². The molecule has 0 aliphatic heterocycles. The van der Waals surface area contributed by atoms with Crippen molar-refractivity contribution in [3.8, 4) is 0 Å². The van der Waals surface area contributed by atoms with Gasteiger partial charge in [-0.3, -0.25) is 4.57 Å². The molecule has 3 nitrogen and oxygen atoms in total. The highest BCUT2D eigenvalue weighted by atomic mass is 16.4. The quantitative estimate of drug-likeness (QED) is 0.702. The minimum absolute atomic E-state index is 0.304. The van der Waals surface area contributed by atoms with E-state index in [1.54, 1.807) is 4.57 Å². The molecule has 0 atom stereocenters. The number of rotatable bonds is 2. The third kappa shape index (κ3) is 2.19. The Morgan fingerprint density at radius 3 is 2.42 bits per heavy atom. The second kappa shape index (κ2) is 4.43. The predicted octanol–water partition coefficient (Wildman–Crippen LogP) is 3.26. The molecule has 0 spiro atoms. The summed E-state index contributed by atoms with van der Waals surface area (Å²) in [6, 6.07) is 13.9. The molecule has 0 amide bonds. The Morgan fingerprint density at radius 2 is 1.68 bits per heavy atom. The van der Waals surface area contributed by atoms with Crippen LogP contribution in [0.3, 0.4) is 0 Å². The van der Waals surface area contributed by atoms with Crippen LogP contribution in [0.2, 0.25) is 0 Å². The fourth-order valence-corrected chi connectivity index (χ4v) is 2.20. The molecule has 1 aromatic heterocycles. The lowest BCUT2D eigenvalue weighted by Crippen LogP contribution is -2.14. The number of fused-ring (bicyclic) bond motifs is 1. The molecule has 0 bridgehead atoms. The molecular formula is C16H15NO2. The van der Waals surface area contributed by atoms with E-state index in [4.69, 9.17) is 4.42 Å². The zero-order valence-corrected chi connectivity index (χ0v) is 11.0. The molecule has 0 aliphatic carbocycles. The van der Waals surface area contributed by atoms with Gasteiger partial charge in [0.05, 0.1) is 12.1 Å². The monoisotopic (exact) mass is 253 g/mol. The molecule has 0 saturated heterocycles. The van der Waals surface area contributed by atoms with Crippen molar-refractivity contribution < 1.29 is 4.42 Å². The number of oxazole rings is 1. The lowest BCUT2D eigenvalue weighted by atomic mass is 10.1. The van der Waals surface area contributed by atoms with Gasteiger partial charge in [-0.2, -0.15) is 0 Å². The van der Waals surface area contributed by atoms with Crippen LogP contribution in [-0.2, 0) is 6.54 Å². The molecule has 0 unspecified atom stereocenters. The second-order valence-electron chi connectivity index (χ2n) is 4.91. The van der Waals surface area contributed by atoms with Gasteiger partial charge in [0, 0.05) is 0 Å². The van der Waals surface area contributed by atoms with Gasteiger partial charge in [0.15, 0.2) is 5.58 Å². The maximum Gasteiger partial charge on any atom is 0.420 e. The number of benzene rings is 2. The summed E-state index contributed by atoms with van der Waals surface area (Å²) in [6.45, 7) is 4.59. The van der Waals surface area contributed by atoms with Crippen LogP contribution in [0, 0.1) is 13.8 Å². The smallest absolute Gasteiger partial charge is 0.408 e. The van der Waals surface area contributed by atoms with Crippen LogP contribution in [0.5, 0.6) is 0 Å². The van der Waals surface area contributed by atoms with Crippen molar-refractivity contribution in [2.75, 3.05) is 0 Å².